The quantitative estimate of drug-likeness (QED) is 0.823. The van der Waals surface area contributed by atoms with Gasteiger partial charge in [-0.05, 0) is 43.3 Å². The number of halogens is 3. The van der Waals surface area contributed by atoms with Crippen LogP contribution in [0.4, 0.5) is 18.9 Å². The third-order valence-corrected chi connectivity index (χ3v) is 2.58. The highest BCUT2D eigenvalue weighted by Gasteiger charge is 2.32. The van der Waals surface area contributed by atoms with Crippen molar-refractivity contribution in [1.29, 1.82) is 0 Å². The molecule has 0 fully saturated rings. The number of hydrogen-bond donors (Lipinski definition) is 2. The maximum absolute atomic E-state index is 12.7. The van der Waals surface area contributed by atoms with Crippen molar-refractivity contribution in [2.45, 2.75) is 26.4 Å². The summed E-state index contributed by atoms with van der Waals surface area (Å²) in [5.74, 6) is 0. The molecule has 100 valence electrons. The lowest BCUT2D eigenvalue weighted by atomic mass is 10.1. The molecule has 0 saturated carbocycles. The SMILES string of the molecule is CCCNC(=S)Nc1ccc(C)c(C(F)(F)F)c1. The van der Waals surface area contributed by atoms with Gasteiger partial charge in [0.15, 0.2) is 5.11 Å². The zero-order valence-electron chi connectivity index (χ0n) is 10.2. The van der Waals surface area contributed by atoms with E-state index in [9.17, 15) is 13.2 Å². The summed E-state index contributed by atoms with van der Waals surface area (Å²) in [5, 5.41) is 5.96. The third kappa shape index (κ3) is 4.18. The van der Waals surface area contributed by atoms with Crippen LogP contribution in [0, 0.1) is 6.92 Å². The number of hydrogen-bond acceptors (Lipinski definition) is 1. The Balaban J connectivity index is 2.83. The Kier molecular flexibility index (Phi) is 4.95. The Bertz CT molecular complexity index is 430. The lowest BCUT2D eigenvalue weighted by Gasteiger charge is -2.14. The number of alkyl halides is 3. The second-order valence-corrected chi connectivity index (χ2v) is 4.32. The summed E-state index contributed by atoms with van der Waals surface area (Å²) in [6.07, 6.45) is -3.45. The van der Waals surface area contributed by atoms with Gasteiger partial charge in [0.1, 0.15) is 0 Å². The molecule has 0 unspecified atom stereocenters. The molecule has 1 rings (SSSR count). The van der Waals surface area contributed by atoms with Gasteiger partial charge in [0.25, 0.3) is 0 Å². The van der Waals surface area contributed by atoms with Crippen LogP contribution in [-0.2, 0) is 6.18 Å². The van der Waals surface area contributed by atoms with Crippen LogP contribution in [0.25, 0.3) is 0 Å². The van der Waals surface area contributed by atoms with Crippen LogP contribution in [-0.4, -0.2) is 11.7 Å². The molecule has 0 amide bonds. The molecule has 0 aliphatic carbocycles. The fourth-order valence-electron chi connectivity index (χ4n) is 1.42. The number of thiocarbonyl (C=S) groups is 1. The molecule has 2 nitrogen and oxygen atoms in total. The number of benzene rings is 1. The van der Waals surface area contributed by atoms with E-state index in [0.29, 0.717) is 17.3 Å². The normalized spacial score (nSPS) is 11.2. The van der Waals surface area contributed by atoms with Crippen LogP contribution in [0.15, 0.2) is 18.2 Å². The molecular weight excluding hydrogens is 261 g/mol. The minimum absolute atomic E-state index is 0.195. The molecular formula is C12H15F3N2S. The Hall–Kier alpha value is -1.30. The number of aryl methyl sites for hydroxylation is 1. The van der Waals surface area contributed by atoms with Crippen LogP contribution in [0.3, 0.4) is 0 Å². The number of nitrogens with one attached hydrogen (secondary N) is 2. The van der Waals surface area contributed by atoms with Crippen molar-refractivity contribution in [1.82, 2.24) is 5.32 Å². The Labute approximate surface area is 110 Å². The average Bonchev–Trinajstić information content (AvgIpc) is 2.27. The van der Waals surface area contributed by atoms with E-state index in [1.807, 2.05) is 6.92 Å². The maximum Gasteiger partial charge on any atom is 0.416 e. The predicted octanol–water partition coefficient (Wildman–Crippen LogP) is 3.71. The van der Waals surface area contributed by atoms with Crippen molar-refractivity contribution < 1.29 is 13.2 Å². The molecule has 0 bridgehead atoms. The molecule has 0 atom stereocenters. The fraction of sp³-hybridized carbons (Fsp3) is 0.417. The van der Waals surface area contributed by atoms with E-state index in [0.717, 1.165) is 12.5 Å². The van der Waals surface area contributed by atoms with Crippen molar-refractivity contribution in [2.24, 2.45) is 0 Å². The summed E-state index contributed by atoms with van der Waals surface area (Å²) in [5.41, 5.74) is -0.118. The van der Waals surface area contributed by atoms with Gasteiger partial charge in [0.2, 0.25) is 0 Å². The van der Waals surface area contributed by atoms with Crippen molar-refractivity contribution in [3.05, 3.63) is 29.3 Å². The van der Waals surface area contributed by atoms with Crippen molar-refractivity contribution in [3.63, 3.8) is 0 Å². The summed E-state index contributed by atoms with van der Waals surface area (Å²) in [6, 6.07) is 4.06. The smallest absolute Gasteiger partial charge is 0.362 e. The molecule has 0 aliphatic heterocycles. The Morgan fingerprint density at radius 2 is 2.00 bits per heavy atom. The molecule has 1 aromatic carbocycles. The highest BCUT2D eigenvalue weighted by Crippen LogP contribution is 2.33. The first-order valence-electron chi connectivity index (χ1n) is 5.57. The van der Waals surface area contributed by atoms with Crippen molar-refractivity contribution in [2.75, 3.05) is 11.9 Å². The molecule has 0 heterocycles. The van der Waals surface area contributed by atoms with E-state index in [-0.39, 0.29) is 5.56 Å². The predicted molar refractivity (Wildman–Crippen MR) is 70.7 cm³/mol. The summed E-state index contributed by atoms with van der Waals surface area (Å²) in [6.45, 7) is 4.09. The fourth-order valence-corrected chi connectivity index (χ4v) is 1.64. The molecule has 18 heavy (non-hydrogen) atoms. The molecule has 1 aromatic rings. The molecule has 6 heteroatoms. The second kappa shape index (κ2) is 6.04. The monoisotopic (exact) mass is 276 g/mol. The number of rotatable bonds is 3. The minimum atomic E-state index is -4.35. The van der Waals surface area contributed by atoms with Crippen LogP contribution < -0.4 is 10.6 Å². The van der Waals surface area contributed by atoms with Gasteiger partial charge in [0, 0.05) is 12.2 Å². The van der Waals surface area contributed by atoms with Gasteiger partial charge in [-0.15, -0.1) is 0 Å². The van der Waals surface area contributed by atoms with Gasteiger partial charge in [-0.2, -0.15) is 13.2 Å². The standard InChI is InChI=1S/C12H15F3N2S/c1-3-6-16-11(18)17-9-5-4-8(2)10(7-9)12(13,14)15/h4-5,7H,3,6H2,1-2H3,(H2,16,17,18). The highest BCUT2D eigenvalue weighted by molar-refractivity contribution is 7.80. The summed E-state index contributed by atoms with van der Waals surface area (Å²) >= 11 is 4.97. The Morgan fingerprint density at radius 3 is 2.56 bits per heavy atom. The lowest BCUT2D eigenvalue weighted by molar-refractivity contribution is -0.138. The summed E-state index contributed by atoms with van der Waals surface area (Å²) in [4.78, 5) is 0. The van der Waals surface area contributed by atoms with Crippen LogP contribution in [0.1, 0.15) is 24.5 Å². The first-order valence-corrected chi connectivity index (χ1v) is 5.98. The molecule has 0 radical (unpaired) electrons. The van der Waals surface area contributed by atoms with Gasteiger partial charge in [-0.3, -0.25) is 0 Å². The molecule has 0 saturated heterocycles. The first kappa shape index (κ1) is 14.8. The topological polar surface area (TPSA) is 24.1 Å². The highest BCUT2D eigenvalue weighted by atomic mass is 32.1. The van der Waals surface area contributed by atoms with E-state index in [2.05, 4.69) is 10.6 Å². The van der Waals surface area contributed by atoms with Gasteiger partial charge < -0.3 is 10.6 Å². The van der Waals surface area contributed by atoms with Gasteiger partial charge in [-0.1, -0.05) is 13.0 Å². The van der Waals surface area contributed by atoms with Gasteiger partial charge in [-0.25, -0.2) is 0 Å². The number of anilines is 1. The van der Waals surface area contributed by atoms with Crippen LogP contribution in [0.5, 0.6) is 0 Å². The summed E-state index contributed by atoms with van der Waals surface area (Å²) < 4.78 is 38.1. The van der Waals surface area contributed by atoms with E-state index < -0.39 is 11.7 Å². The van der Waals surface area contributed by atoms with E-state index in [1.54, 1.807) is 6.07 Å². The Morgan fingerprint density at radius 1 is 1.33 bits per heavy atom. The van der Waals surface area contributed by atoms with Crippen LogP contribution >= 0.6 is 12.2 Å². The zero-order valence-corrected chi connectivity index (χ0v) is 11.0. The van der Waals surface area contributed by atoms with Crippen LogP contribution in [0.2, 0.25) is 0 Å². The van der Waals surface area contributed by atoms with Gasteiger partial charge >= 0.3 is 6.18 Å². The van der Waals surface area contributed by atoms with Crippen molar-refractivity contribution >= 4 is 23.0 Å². The minimum Gasteiger partial charge on any atom is -0.362 e. The van der Waals surface area contributed by atoms with Crippen molar-refractivity contribution in [3.8, 4) is 0 Å². The molecule has 0 spiro atoms. The lowest BCUT2D eigenvalue weighted by Crippen LogP contribution is -2.29. The third-order valence-electron chi connectivity index (χ3n) is 2.34. The molecule has 0 aliphatic rings. The van der Waals surface area contributed by atoms with E-state index >= 15 is 0 Å². The van der Waals surface area contributed by atoms with E-state index in [1.165, 1.54) is 13.0 Å². The first-order chi connectivity index (χ1) is 8.34. The van der Waals surface area contributed by atoms with Gasteiger partial charge in [0.05, 0.1) is 5.56 Å². The molecule has 0 aromatic heterocycles. The van der Waals surface area contributed by atoms with E-state index in [4.69, 9.17) is 12.2 Å². The average molecular weight is 276 g/mol. The largest absolute Gasteiger partial charge is 0.416 e. The zero-order chi connectivity index (χ0) is 13.8. The molecule has 2 N–H and O–H groups in total. The second-order valence-electron chi connectivity index (χ2n) is 3.91. The maximum atomic E-state index is 12.7. The summed E-state index contributed by atoms with van der Waals surface area (Å²) in [7, 11) is 0.